The van der Waals surface area contributed by atoms with E-state index in [1.807, 2.05) is 6.92 Å². The number of carboxylic acid groups (broad SMARTS) is 1. The molecule has 0 spiro atoms. The van der Waals surface area contributed by atoms with Gasteiger partial charge in [-0.15, -0.1) is 0 Å². The van der Waals surface area contributed by atoms with Crippen LogP contribution < -0.4 is 16.8 Å². The van der Waals surface area contributed by atoms with Crippen molar-refractivity contribution >= 4 is 11.9 Å². The van der Waals surface area contributed by atoms with E-state index in [0.29, 0.717) is 19.4 Å². The number of aliphatic carboxylic acids is 1. The molecule has 0 aromatic rings. The maximum atomic E-state index is 11.7. The van der Waals surface area contributed by atoms with Crippen LogP contribution in [0.25, 0.3) is 0 Å². The Kier molecular flexibility index (Phi) is 8.32. The minimum atomic E-state index is -1.02. The maximum absolute atomic E-state index is 11.7. The summed E-state index contributed by atoms with van der Waals surface area (Å²) >= 11 is 0. The minimum absolute atomic E-state index is 0.123. The molecule has 0 radical (unpaired) electrons. The Morgan fingerprint density at radius 3 is 2.39 bits per heavy atom. The van der Waals surface area contributed by atoms with Gasteiger partial charge in [-0.1, -0.05) is 26.7 Å². The number of rotatable bonds is 9. The first kappa shape index (κ1) is 16.9. The summed E-state index contributed by atoms with van der Waals surface area (Å²) < 4.78 is 0. The number of hydrogen-bond donors (Lipinski definition) is 4. The Morgan fingerprint density at radius 2 is 1.94 bits per heavy atom. The van der Waals surface area contributed by atoms with Crippen LogP contribution >= 0.6 is 0 Å². The Hall–Kier alpha value is -1.14. The van der Waals surface area contributed by atoms with Crippen molar-refractivity contribution in [1.29, 1.82) is 0 Å². The Balaban J connectivity index is 4.28. The zero-order valence-corrected chi connectivity index (χ0v) is 11.2. The van der Waals surface area contributed by atoms with Crippen LogP contribution in [0.15, 0.2) is 0 Å². The predicted octanol–water partition coefficient (Wildman–Crippen LogP) is 0.0582. The highest BCUT2D eigenvalue weighted by molar-refractivity contribution is 5.86. The number of carbonyl (C=O) groups excluding carboxylic acids is 1. The first-order valence-electron chi connectivity index (χ1n) is 6.42. The van der Waals surface area contributed by atoms with Crippen LogP contribution in [-0.2, 0) is 9.59 Å². The highest BCUT2D eigenvalue weighted by atomic mass is 16.4. The molecule has 0 fully saturated rings. The molecule has 0 aromatic heterocycles. The molecule has 0 saturated carbocycles. The number of unbranched alkanes of at least 4 members (excludes halogenated alkanes) is 1. The largest absolute Gasteiger partial charge is 0.480 e. The molecule has 0 unspecified atom stereocenters. The Morgan fingerprint density at radius 1 is 1.33 bits per heavy atom. The molecule has 0 bridgehead atoms. The smallest absolute Gasteiger partial charge is 0.326 e. The van der Waals surface area contributed by atoms with Gasteiger partial charge in [0, 0.05) is 0 Å². The van der Waals surface area contributed by atoms with Crippen LogP contribution in [0, 0.1) is 5.92 Å². The molecule has 3 atom stereocenters. The summed E-state index contributed by atoms with van der Waals surface area (Å²) in [6.45, 7) is 4.24. The van der Waals surface area contributed by atoms with Crippen molar-refractivity contribution in [3.05, 3.63) is 0 Å². The second kappa shape index (κ2) is 8.88. The first-order chi connectivity index (χ1) is 8.43. The third kappa shape index (κ3) is 5.97. The molecule has 0 aliphatic heterocycles. The lowest BCUT2D eigenvalue weighted by Gasteiger charge is -2.22. The molecule has 0 aromatic carbocycles. The van der Waals surface area contributed by atoms with Crippen molar-refractivity contribution < 1.29 is 14.7 Å². The normalized spacial score (nSPS) is 15.8. The third-order valence-electron chi connectivity index (χ3n) is 3.08. The summed E-state index contributed by atoms with van der Waals surface area (Å²) in [6.07, 6.45) is 2.79. The molecule has 0 rings (SSSR count). The van der Waals surface area contributed by atoms with E-state index >= 15 is 0 Å². The number of nitrogens with one attached hydrogen (secondary N) is 1. The lowest BCUT2D eigenvalue weighted by Crippen LogP contribution is -2.50. The minimum Gasteiger partial charge on any atom is -0.480 e. The number of hydrogen-bond acceptors (Lipinski definition) is 4. The summed E-state index contributed by atoms with van der Waals surface area (Å²) in [7, 11) is 0. The van der Waals surface area contributed by atoms with E-state index in [2.05, 4.69) is 5.32 Å². The van der Waals surface area contributed by atoms with Crippen LogP contribution in [0.2, 0.25) is 0 Å². The topological polar surface area (TPSA) is 118 Å². The molecule has 6 N–H and O–H groups in total. The molecule has 106 valence electrons. The fourth-order valence-corrected chi connectivity index (χ4v) is 1.58. The van der Waals surface area contributed by atoms with E-state index in [0.717, 1.165) is 12.8 Å². The van der Waals surface area contributed by atoms with Crippen molar-refractivity contribution in [2.45, 2.75) is 51.6 Å². The summed E-state index contributed by atoms with van der Waals surface area (Å²) in [5.41, 5.74) is 11.1. The molecular weight excluding hydrogens is 234 g/mol. The molecule has 6 nitrogen and oxygen atoms in total. The van der Waals surface area contributed by atoms with Gasteiger partial charge in [-0.2, -0.15) is 0 Å². The number of carbonyl (C=O) groups is 2. The van der Waals surface area contributed by atoms with Gasteiger partial charge in [-0.25, -0.2) is 4.79 Å². The van der Waals surface area contributed by atoms with Crippen LogP contribution in [0.1, 0.15) is 39.5 Å². The SMILES string of the molecule is CC[C@H](C)[C@@H](NC(=O)[C@@H](N)CCCCN)C(=O)O. The van der Waals surface area contributed by atoms with Gasteiger partial charge < -0.3 is 21.9 Å². The van der Waals surface area contributed by atoms with Gasteiger partial charge in [0.1, 0.15) is 6.04 Å². The number of nitrogens with two attached hydrogens (primary N) is 2. The molecule has 0 saturated heterocycles. The Bertz CT molecular complexity index is 271. The average Bonchev–Trinajstić information content (AvgIpc) is 2.34. The van der Waals surface area contributed by atoms with Gasteiger partial charge in [-0.3, -0.25) is 4.79 Å². The number of carboxylic acids is 1. The zero-order valence-electron chi connectivity index (χ0n) is 11.2. The van der Waals surface area contributed by atoms with Crippen LogP contribution in [0.3, 0.4) is 0 Å². The zero-order chi connectivity index (χ0) is 14.1. The van der Waals surface area contributed by atoms with E-state index in [-0.39, 0.29) is 5.92 Å². The summed E-state index contributed by atoms with van der Waals surface area (Å²) in [6, 6.07) is -1.54. The lowest BCUT2D eigenvalue weighted by atomic mass is 9.98. The van der Waals surface area contributed by atoms with Crippen molar-refractivity contribution in [2.24, 2.45) is 17.4 Å². The monoisotopic (exact) mass is 259 g/mol. The van der Waals surface area contributed by atoms with Gasteiger partial charge in [0.25, 0.3) is 0 Å². The van der Waals surface area contributed by atoms with Gasteiger partial charge in [0.05, 0.1) is 6.04 Å². The quantitative estimate of drug-likeness (QED) is 0.437. The summed E-state index contributed by atoms with van der Waals surface area (Å²) in [4.78, 5) is 22.8. The number of amides is 1. The first-order valence-corrected chi connectivity index (χ1v) is 6.42. The molecule has 0 aliphatic rings. The van der Waals surface area contributed by atoms with Crippen molar-refractivity contribution in [1.82, 2.24) is 5.32 Å². The van der Waals surface area contributed by atoms with E-state index in [1.54, 1.807) is 6.92 Å². The van der Waals surface area contributed by atoms with E-state index < -0.39 is 24.0 Å². The molecule has 18 heavy (non-hydrogen) atoms. The van der Waals surface area contributed by atoms with Gasteiger partial charge in [-0.05, 0) is 25.3 Å². The van der Waals surface area contributed by atoms with Gasteiger partial charge in [0.15, 0.2) is 0 Å². The second-order valence-electron chi connectivity index (χ2n) is 4.60. The van der Waals surface area contributed by atoms with Gasteiger partial charge >= 0.3 is 5.97 Å². The van der Waals surface area contributed by atoms with E-state index in [4.69, 9.17) is 16.6 Å². The Labute approximate surface area is 108 Å². The highest BCUT2D eigenvalue weighted by Gasteiger charge is 2.27. The second-order valence-corrected chi connectivity index (χ2v) is 4.60. The molecule has 1 amide bonds. The third-order valence-corrected chi connectivity index (χ3v) is 3.08. The maximum Gasteiger partial charge on any atom is 0.326 e. The highest BCUT2D eigenvalue weighted by Crippen LogP contribution is 2.08. The van der Waals surface area contributed by atoms with Crippen LogP contribution in [0.5, 0.6) is 0 Å². The fraction of sp³-hybridized carbons (Fsp3) is 0.833. The predicted molar refractivity (Wildman–Crippen MR) is 69.9 cm³/mol. The molecule has 0 aliphatic carbocycles. The van der Waals surface area contributed by atoms with Crippen molar-refractivity contribution in [3.8, 4) is 0 Å². The van der Waals surface area contributed by atoms with Crippen molar-refractivity contribution in [3.63, 3.8) is 0 Å². The van der Waals surface area contributed by atoms with Crippen LogP contribution in [0.4, 0.5) is 0 Å². The van der Waals surface area contributed by atoms with E-state index in [1.165, 1.54) is 0 Å². The average molecular weight is 259 g/mol. The lowest BCUT2D eigenvalue weighted by molar-refractivity contribution is -0.143. The summed E-state index contributed by atoms with van der Waals surface area (Å²) in [5.74, 6) is -1.55. The van der Waals surface area contributed by atoms with Crippen LogP contribution in [-0.4, -0.2) is 35.6 Å². The summed E-state index contributed by atoms with van der Waals surface area (Å²) in [5, 5.41) is 11.5. The van der Waals surface area contributed by atoms with Crippen molar-refractivity contribution in [2.75, 3.05) is 6.54 Å². The van der Waals surface area contributed by atoms with Gasteiger partial charge in [0.2, 0.25) is 5.91 Å². The van der Waals surface area contributed by atoms with E-state index in [9.17, 15) is 9.59 Å². The standard InChI is InChI=1S/C12H25N3O3/c1-3-8(2)10(12(17)18)15-11(16)9(14)6-4-5-7-13/h8-10H,3-7,13-14H2,1-2H3,(H,15,16)(H,17,18)/t8-,9-,10+/m0/s1. The molecular formula is C12H25N3O3. The molecule has 6 heteroatoms. The molecule has 0 heterocycles. The fourth-order valence-electron chi connectivity index (χ4n) is 1.58.